The van der Waals surface area contributed by atoms with Crippen LogP contribution in [0.5, 0.6) is 0 Å². The maximum Gasteiger partial charge on any atom is 0.237 e. The first-order chi connectivity index (χ1) is 9.00. The van der Waals surface area contributed by atoms with Gasteiger partial charge in [0.05, 0.1) is 11.6 Å². The number of carbonyl (C=O) groups is 1. The summed E-state index contributed by atoms with van der Waals surface area (Å²) in [5.41, 5.74) is 0.859. The van der Waals surface area contributed by atoms with E-state index in [1.807, 2.05) is 37.3 Å². The highest BCUT2D eigenvalue weighted by atomic mass is 32.1. The van der Waals surface area contributed by atoms with E-state index in [1.165, 1.54) is 0 Å². The SMILES string of the molecule is CC(C)CN1CC(C)C(=O)N(c2ccccc2)C1=S. The lowest BCUT2D eigenvalue weighted by molar-refractivity contribution is -0.122. The van der Waals surface area contributed by atoms with Crippen molar-refractivity contribution in [2.45, 2.75) is 20.8 Å². The van der Waals surface area contributed by atoms with Gasteiger partial charge in [0.15, 0.2) is 5.11 Å². The lowest BCUT2D eigenvalue weighted by Crippen LogP contribution is -2.56. The molecule has 1 heterocycles. The molecular weight excluding hydrogens is 256 g/mol. The molecule has 0 N–H and O–H groups in total. The maximum atomic E-state index is 12.4. The molecule has 1 aliphatic rings. The number of benzene rings is 1. The second-order valence-corrected chi connectivity index (χ2v) is 5.86. The van der Waals surface area contributed by atoms with E-state index in [0.717, 1.165) is 18.8 Å². The molecule has 1 saturated heterocycles. The molecule has 3 nitrogen and oxygen atoms in total. The predicted octanol–water partition coefficient (Wildman–Crippen LogP) is 2.91. The normalized spacial score (nSPS) is 20.3. The number of hydrogen-bond acceptors (Lipinski definition) is 2. The lowest BCUT2D eigenvalue weighted by Gasteiger charge is -2.40. The number of carbonyl (C=O) groups excluding carboxylic acids is 1. The summed E-state index contributed by atoms with van der Waals surface area (Å²) in [7, 11) is 0. The number of rotatable bonds is 3. The molecule has 102 valence electrons. The van der Waals surface area contributed by atoms with Gasteiger partial charge in [0.2, 0.25) is 5.91 Å². The van der Waals surface area contributed by atoms with Crippen molar-refractivity contribution < 1.29 is 4.79 Å². The van der Waals surface area contributed by atoms with Crippen molar-refractivity contribution in [3.63, 3.8) is 0 Å². The van der Waals surface area contributed by atoms with Crippen LogP contribution in [0.3, 0.4) is 0 Å². The number of para-hydroxylation sites is 1. The third kappa shape index (κ3) is 2.95. The fraction of sp³-hybridized carbons (Fsp3) is 0.467. The quantitative estimate of drug-likeness (QED) is 0.793. The van der Waals surface area contributed by atoms with E-state index in [0.29, 0.717) is 11.0 Å². The lowest BCUT2D eigenvalue weighted by atomic mass is 10.1. The fourth-order valence-corrected chi connectivity index (χ4v) is 2.70. The Hall–Kier alpha value is -1.42. The van der Waals surface area contributed by atoms with E-state index in [-0.39, 0.29) is 11.8 Å². The molecule has 0 spiro atoms. The average molecular weight is 276 g/mol. The molecule has 4 heteroatoms. The van der Waals surface area contributed by atoms with Gasteiger partial charge in [-0.25, -0.2) is 0 Å². The number of anilines is 1. The molecule has 1 atom stereocenters. The van der Waals surface area contributed by atoms with Crippen LogP contribution >= 0.6 is 12.2 Å². The minimum absolute atomic E-state index is 0.0225. The largest absolute Gasteiger partial charge is 0.347 e. The Morgan fingerprint density at radius 2 is 1.95 bits per heavy atom. The van der Waals surface area contributed by atoms with Crippen molar-refractivity contribution in [3.05, 3.63) is 30.3 Å². The molecule has 0 radical (unpaired) electrons. The number of amides is 1. The summed E-state index contributed by atoms with van der Waals surface area (Å²) in [5.74, 6) is 0.595. The van der Waals surface area contributed by atoms with Crippen LogP contribution < -0.4 is 4.90 Å². The molecule has 1 amide bonds. The molecule has 1 aliphatic heterocycles. The molecular formula is C15H20N2OS. The summed E-state index contributed by atoms with van der Waals surface area (Å²) < 4.78 is 0. The number of nitrogens with zero attached hydrogens (tertiary/aromatic N) is 2. The van der Waals surface area contributed by atoms with Crippen molar-refractivity contribution in [2.24, 2.45) is 11.8 Å². The maximum absolute atomic E-state index is 12.4. The van der Waals surface area contributed by atoms with Gasteiger partial charge in [-0.3, -0.25) is 9.69 Å². The highest BCUT2D eigenvalue weighted by Crippen LogP contribution is 2.24. The first kappa shape index (κ1) is 14.0. The minimum atomic E-state index is -0.0225. The summed E-state index contributed by atoms with van der Waals surface area (Å²) in [6.07, 6.45) is 0. The van der Waals surface area contributed by atoms with Crippen LogP contribution in [0.15, 0.2) is 30.3 Å². The molecule has 0 aromatic heterocycles. The van der Waals surface area contributed by atoms with Gasteiger partial charge in [0.1, 0.15) is 0 Å². The zero-order valence-electron chi connectivity index (χ0n) is 11.7. The van der Waals surface area contributed by atoms with Crippen molar-refractivity contribution in [2.75, 3.05) is 18.0 Å². The average Bonchev–Trinajstić information content (AvgIpc) is 2.37. The van der Waals surface area contributed by atoms with E-state index in [9.17, 15) is 4.79 Å². The summed E-state index contributed by atoms with van der Waals surface area (Å²) >= 11 is 5.51. The smallest absolute Gasteiger partial charge is 0.237 e. The summed E-state index contributed by atoms with van der Waals surface area (Å²) in [4.78, 5) is 16.2. The van der Waals surface area contributed by atoms with Gasteiger partial charge in [0, 0.05) is 13.1 Å². The Morgan fingerprint density at radius 1 is 1.32 bits per heavy atom. The summed E-state index contributed by atoms with van der Waals surface area (Å²) in [6.45, 7) is 7.90. The van der Waals surface area contributed by atoms with Crippen LogP contribution in [0, 0.1) is 11.8 Å². The highest BCUT2D eigenvalue weighted by Gasteiger charge is 2.35. The monoisotopic (exact) mass is 276 g/mol. The zero-order chi connectivity index (χ0) is 14.0. The molecule has 1 aromatic carbocycles. The van der Waals surface area contributed by atoms with Crippen LogP contribution in [0.4, 0.5) is 5.69 Å². The van der Waals surface area contributed by atoms with Gasteiger partial charge >= 0.3 is 0 Å². The Bertz CT molecular complexity index is 472. The van der Waals surface area contributed by atoms with Gasteiger partial charge < -0.3 is 4.90 Å². The third-order valence-electron chi connectivity index (χ3n) is 3.20. The van der Waals surface area contributed by atoms with Crippen LogP contribution in [0.2, 0.25) is 0 Å². The Kier molecular flexibility index (Phi) is 4.20. The van der Waals surface area contributed by atoms with E-state index in [2.05, 4.69) is 18.7 Å². The van der Waals surface area contributed by atoms with Gasteiger partial charge in [0.25, 0.3) is 0 Å². The molecule has 1 aromatic rings. The van der Waals surface area contributed by atoms with Crippen LogP contribution in [0.1, 0.15) is 20.8 Å². The van der Waals surface area contributed by atoms with E-state index in [1.54, 1.807) is 4.90 Å². The molecule has 1 unspecified atom stereocenters. The molecule has 0 aliphatic carbocycles. The number of thiocarbonyl (C=S) groups is 1. The summed E-state index contributed by atoms with van der Waals surface area (Å²) in [6, 6.07) is 9.65. The second kappa shape index (κ2) is 5.70. The topological polar surface area (TPSA) is 23.6 Å². The Labute approximate surface area is 120 Å². The van der Waals surface area contributed by atoms with Crippen molar-refractivity contribution >= 4 is 28.9 Å². The fourth-order valence-electron chi connectivity index (χ4n) is 2.35. The van der Waals surface area contributed by atoms with Gasteiger partial charge in [-0.15, -0.1) is 0 Å². The van der Waals surface area contributed by atoms with Gasteiger partial charge in [-0.1, -0.05) is 39.0 Å². The molecule has 0 bridgehead atoms. The predicted molar refractivity (Wildman–Crippen MR) is 82.1 cm³/mol. The van der Waals surface area contributed by atoms with Crippen LogP contribution in [-0.2, 0) is 4.79 Å². The Balaban J connectivity index is 2.29. The van der Waals surface area contributed by atoms with Crippen molar-refractivity contribution in [1.82, 2.24) is 4.90 Å². The molecule has 2 rings (SSSR count). The summed E-state index contributed by atoms with van der Waals surface area (Å²) in [5, 5.41) is 0.628. The van der Waals surface area contributed by atoms with Crippen molar-refractivity contribution in [3.8, 4) is 0 Å². The second-order valence-electron chi connectivity index (χ2n) is 5.49. The zero-order valence-corrected chi connectivity index (χ0v) is 12.5. The van der Waals surface area contributed by atoms with Gasteiger partial charge in [-0.2, -0.15) is 0 Å². The molecule has 1 fully saturated rings. The first-order valence-electron chi connectivity index (χ1n) is 6.68. The van der Waals surface area contributed by atoms with E-state index in [4.69, 9.17) is 12.2 Å². The van der Waals surface area contributed by atoms with Crippen LogP contribution in [0.25, 0.3) is 0 Å². The molecule has 19 heavy (non-hydrogen) atoms. The third-order valence-corrected chi connectivity index (χ3v) is 3.64. The molecule has 0 saturated carbocycles. The van der Waals surface area contributed by atoms with Crippen LogP contribution in [-0.4, -0.2) is 29.0 Å². The van der Waals surface area contributed by atoms with Gasteiger partial charge in [-0.05, 0) is 30.3 Å². The number of hydrogen-bond donors (Lipinski definition) is 0. The Morgan fingerprint density at radius 3 is 2.53 bits per heavy atom. The van der Waals surface area contributed by atoms with Crippen molar-refractivity contribution in [1.29, 1.82) is 0 Å². The first-order valence-corrected chi connectivity index (χ1v) is 7.09. The standard InChI is InChI=1S/C15H20N2OS/c1-11(2)9-16-10-12(3)14(18)17(15(16)19)13-7-5-4-6-8-13/h4-8,11-12H,9-10H2,1-3H3. The highest BCUT2D eigenvalue weighted by molar-refractivity contribution is 7.80. The van der Waals surface area contributed by atoms with E-state index < -0.39 is 0 Å². The minimum Gasteiger partial charge on any atom is -0.347 e. The van der Waals surface area contributed by atoms with E-state index >= 15 is 0 Å².